The summed E-state index contributed by atoms with van der Waals surface area (Å²) in [6, 6.07) is 7.02. The first-order valence-corrected chi connectivity index (χ1v) is 7.66. The highest BCUT2D eigenvalue weighted by Crippen LogP contribution is 2.26. The van der Waals surface area contributed by atoms with Crippen LogP contribution in [0.2, 0.25) is 0 Å². The number of H-pyrrole nitrogens is 1. The van der Waals surface area contributed by atoms with E-state index in [0.717, 1.165) is 25.0 Å². The van der Waals surface area contributed by atoms with Gasteiger partial charge in [-0.05, 0) is 54.9 Å². The van der Waals surface area contributed by atoms with Gasteiger partial charge in [0.25, 0.3) is 0 Å². The van der Waals surface area contributed by atoms with Crippen molar-refractivity contribution in [2.75, 3.05) is 6.61 Å². The van der Waals surface area contributed by atoms with Crippen LogP contribution < -0.4 is 4.74 Å². The lowest BCUT2D eigenvalue weighted by Gasteiger charge is -2.07. The van der Waals surface area contributed by atoms with Gasteiger partial charge < -0.3 is 9.47 Å². The van der Waals surface area contributed by atoms with Crippen molar-refractivity contribution in [2.45, 2.75) is 25.9 Å². The van der Waals surface area contributed by atoms with Crippen molar-refractivity contribution in [3.8, 4) is 5.75 Å². The Morgan fingerprint density at radius 1 is 1.52 bits per heavy atom. The number of rotatable bonds is 4. The molecule has 0 radical (unpaired) electrons. The Labute approximate surface area is 137 Å². The third-order valence-electron chi connectivity index (χ3n) is 3.36. The molecule has 7 nitrogen and oxygen atoms in total. The highest BCUT2D eigenvalue weighted by atomic mass is 32.1. The standard InChI is InChI=1S/C15H16N4O3S/c1-10(20)22-12-6-4-11(5-7-12)9-16-19-14(17-18-15(19)23)13-3-2-8-21-13/h4-7,9,13H,2-3,8H2,1H3,(H,18,23)/b16-9-. The molecule has 1 aliphatic rings. The van der Waals surface area contributed by atoms with Crippen molar-refractivity contribution < 1.29 is 14.3 Å². The molecule has 1 N–H and O–H groups in total. The van der Waals surface area contributed by atoms with E-state index in [0.29, 0.717) is 16.3 Å². The van der Waals surface area contributed by atoms with E-state index in [1.54, 1.807) is 35.2 Å². The Morgan fingerprint density at radius 3 is 2.96 bits per heavy atom. The number of ether oxygens (including phenoxy) is 2. The molecule has 1 fully saturated rings. The van der Waals surface area contributed by atoms with E-state index in [2.05, 4.69) is 15.3 Å². The first kappa shape index (κ1) is 15.6. The second-order valence-electron chi connectivity index (χ2n) is 5.11. The van der Waals surface area contributed by atoms with Crippen molar-refractivity contribution in [1.82, 2.24) is 14.9 Å². The summed E-state index contributed by atoms with van der Waals surface area (Å²) >= 11 is 5.21. The smallest absolute Gasteiger partial charge is 0.308 e. The number of hydrogen-bond acceptors (Lipinski definition) is 6. The molecular weight excluding hydrogens is 316 g/mol. The first-order valence-electron chi connectivity index (χ1n) is 7.25. The van der Waals surface area contributed by atoms with E-state index >= 15 is 0 Å². The molecule has 3 rings (SSSR count). The van der Waals surface area contributed by atoms with Crippen LogP contribution in [0, 0.1) is 4.77 Å². The predicted molar refractivity (Wildman–Crippen MR) is 86.1 cm³/mol. The number of carbonyl (C=O) groups excluding carboxylic acids is 1. The van der Waals surface area contributed by atoms with Crippen molar-refractivity contribution in [3.05, 3.63) is 40.4 Å². The number of aromatic amines is 1. The lowest BCUT2D eigenvalue weighted by Crippen LogP contribution is -2.05. The van der Waals surface area contributed by atoms with Crippen molar-refractivity contribution in [3.63, 3.8) is 0 Å². The van der Waals surface area contributed by atoms with Gasteiger partial charge in [-0.1, -0.05) is 0 Å². The average Bonchev–Trinajstić information content (AvgIpc) is 3.16. The minimum Gasteiger partial charge on any atom is -0.427 e. The second kappa shape index (κ2) is 6.84. The maximum absolute atomic E-state index is 10.9. The molecule has 2 heterocycles. The van der Waals surface area contributed by atoms with E-state index in [4.69, 9.17) is 21.7 Å². The molecule has 1 aromatic heterocycles. The van der Waals surface area contributed by atoms with Crippen molar-refractivity contribution in [1.29, 1.82) is 0 Å². The Balaban J connectivity index is 1.78. The third kappa shape index (κ3) is 3.72. The SMILES string of the molecule is CC(=O)Oc1ccc(/C=N\n2c(C3CCCO3)n[nH]c2=S)cc1. The zero-order valence-corrected chi connectivity index (χ0v) is 13.4. The summed E-state index contributed by atoms with van der Waals surface area (Å²) in [7, 11) is 0. The molecule has 0 aliphatic carbocycles. The molecule has 1 atom stereocenters. The third-order valence-corrected chi connectivity index (χ3v) is 3.62. The van der Waals surface area contributed by atoms with Gasteiger partial charge in [-0.2, -0.15) is 14.9 Å². The molecule has 23 heavy (non-hydrogen) atoms. The van der Waals surface area contributed by atoms with Gasteiger partial charge in [-0.25, -0.2) is 0 Å². The normalized spacial score (nSPS) is 17.7. The van der Waals surface area contributed by atoms with E-state index in [-0.39, 0.29) is 12.1 Å². The van der Waals surface area contributed by atoms with Crippen LogP contribution in [0.15, 0.2) is 29.4 Å². The number of benzene rings is 1. The predicted octanol–water partition coefficient (Wildman–Crippen LogP) is 2.60. The maximum Gasteiger partial charge on any atom is 0.308 e. The molecule has 0 amide bonds. The summed E-state index contributed by atoms with van der Waals surface area (Å²) < 4.78 is 12.6. The molecule has 8 heteroatoms. The van der Waals surface area contributed by atoms with Crippen LogP contribution in [0.25, 0.3) is 0 Å². The summed E-state index contributed by atoms with van der Waals surface area (Å²) in [6.45, 7) is 2.09. The minimum absolute atomic E-state index is 0.0774. The van der Waals surface area contributed by atoms with Gasteiger partial charge in [0.15, 0.2) is 5.82 Å². The van der Waals surface area contributed by atoms with Crippen LogP contribution in [0.5, 0.6) is 5.75 Å². The maximum atomic E-state index is 10.9. The van der Waals surface area contributed by atoms with Crippen LogP contribution in [0.4, 0.5) is 0 Å². The molecule has 1 unspecified atom stereocenters. The first-order chi connectivity index (χ1) is 11.1. The summed E-state index contributed by atoms with van der Waals surface area (Å²) in [6.07, 6.45) is 3.51. The Hall–Kier alpha value is -2.32. The van der Waals surface area contributed by atoms with Gasteiger partial charge in [-0.3, -0.25) is 9.89 Å². The molecule has 0 spiro atoms. The van der Waals surface area contributed by atoms with E-state index < -0.39 is 0 Å². The average molecular weight is 332 g/mol. The fourth-order valence-corrected chi connectivity index (χ4v) is 2.50. The molecule has 0 saturated carbocycles. The summed E-state index contributed by atoms with van der Waals surface area (Å²) in [5, 5.41) is 11.3. The summed E-state index contributed by atoms with van der Waals surface area (Å²) in [4.78, 5) is 10.9. The van der Waals surface area contributed by atoms with E-state index in [9.17, 15) is 4.79 Å². The van der Waals surface area contributed by atoms with Crippen LogP contribution in [-0.2, 0) is 9.53 Å². The number of nitrogens with zero attached hydrogens (tertiary/aromatic N) is 3. The molecule has 1 aromatic carbocycles. The Bertz CT molecular complexity index is 773. The van der Waals surface area contributed by atoms with Gasteiger partial charge >= 0.3 is 5.97 Å². The number of esters is 1. The lowest BCUT2D eigenvalue weighted by molar-refractivity contribution is -0.131. The quantitative estimate of drug-likeness (QED) is 0.403. The molecule has 1 aliphatic heterocycles. The molecule has 0 bridgehead atoms. The number of nitrogens with one attached hydrogen (secondary N) is 1. The van der Waals surface area contributed by atoms with Gasteiger partial charge in [0.2, 0.25) is 4.77 Å². The highest BCUT2D eigenvalue weighted by Gasteiger charge is 2.23. The fraction of sp³-hybridized carbons (Fsp3) is 0.333. The molecule has 2 aromatic rings. The summed E-state index contributed by atoms with van der Waals surface area (Å²) in [5.41, 5.74) is 0.849. The van der Waals surface area contributed by atoms with Crippen molar-refractivity contribution in [2.24, 2.45) is 5.10 Å². The van der Waals surface area contributed by atoms with Crippen LogP contribution >= 0.6 is 12.2 Å². The van der Waals surface area contributed by atoms with E-state index in [1.165, 1.54) is 6.92 Å². The number of aromatic nitrogens is 3. The van der Waals surface area contributed by atoms with E-state index in [1.807, 2.05) is 0 Å². The fourth-order valence-electron chi connectivity index (χ4n) is 2.32. The van der Waals surface area contributed by atoms with Crippen LogP contribution in [0.1, 0.15) is 37.3 Å². The van der Waals surface area contributed by atoms with Gasteiger partial charge in [0, 0.05) is 13.5 Å². The monoisotopic (exact) mass is 332 g/mol. The number of hydrogen-bond donors (Lipinski definition) is 1. The molecule has 120 valence electrons. The summed E-state index contributed by atoms with van der Waals surface area (Å²) in [5.74, 6) is 0.826. The minimum atomic E-state index is -0.350. The van der Waals surface area contributed by atoms with Gasteiger partial charge in [0.1, 0.15) is 11.9 Å². The van der Waals surface area contributed by atoms with Crippen LogP contribution in [-0.4, -0.2) is 33.7 Å². The largest absolute Gasteiger partial charge is 0.427 e. The van der Waals surface area contributed by atoms with Gasteiger partial charge in [-0.15, -0.1) is 0 Å². The zero-order chi connectivity index (χ0) is 16.2. The van der Waals surface area contributed by atoms with Crippen molar-refractivity contribution >= 4 is 24.4 Å². The second-order valence-corrected chi connectivity index (χ2v) is 5.49. The van der Waals surface area contributed by atoms with Gasteiger partial charge in [0.05, 0.1) is 6.21 Å². The topological polar surface area (TPSA) is 81.5 Å². The Kier molecular flexibility index (Phi) is 4.63. The lowest BCUT2D eigenvalue weighted by atomic mass is 10.2. The molecular formula is C15H16N4O3S. The zero-order valence-electron chi connectivity index (χ0n) is 12.6. The number of carbonyl (C=O) groups is 1. The molecule has 1 saturated heterocycles. The highest BCUT2D eigenvalue weighted by molar-refractivity contribution is 7.71. The van der Waals surface area contributed by atoms with Crippen LogP contribution in [0.3, 0.4) is 0 Å². The Morgan fingerprint density at radius 2 is 2.30 bits per heavy atom.